The van der Waals surface area contributed by atoms with E-state index in [4.69, 9.17) is 4.74 Å². The summed E-state index contributed by atoms with van der Waals surface area (Å²) in [6.07, 6.45) is 2.05. The van der Waals surface area contributed by atoms with Gasteiger partial charge in [0.05, 0.1) is 30.5 Å². The van der Waals surface area contributed by atoms with Crippen molar-refractivity contribution < 1.29 is 18.3 Å². The lowest BCUT2D eigenvalue weighted by Gasteiger charge is -2.19. The van der Waals surface area contributed by atoms with Gasteiger partial charge in [0, 0.05) is 30.1 Å². The van der Waals surface area contributed by atoms with Crippen LogP contribution in [-0.4, -0.2) is 29.5 Å². The van der Waals surface area contributed by atoms with Gasteiger partial charge in [-0.1, -0.05) is 18.2 Å². The molecule has 1 amide bonds. The van der Waals surface area contributed by atoms with Gasteiger partial charge in [0.25, 0.3) is 0 Å². The maximum atomic E-state index is 14.1. The first-order valence-corrected chi connectivity index (χ1v) is 11.5. The van der Waals surface area contributed by atoms with Gasteiger partial charge < -0.3 is 15.0 Å². The quantitative estimate of drug-likeness (QED) is 0.395. The lowest BCUT2D eigenvalue weighted by molar-refractivity contribution is -0.117. The van der Waals surface area contributed by atoms with E-state index < -0.39 is 11.6 Å². The summed E-state index contributed by atoms with van der Waals surface area (Å²) in [5, 5.41) is 12.9. The second kappa shape index (κ2) is 10.0. The van der Waals surface area contributed by atoms with Crippen molar-refractivity contribution in [3.63, 3.8) is 0 Å². The topological polar surface area (TPSA) is 91.1 Å². The summed E-state index contributed by atoms with van der Waals surface area (Å²) in [7, 11) is 1.38. The maximum Gasteiger partial charge on any atom is 0.231 e. The predicted octanol–water partition coefficient (Wildman–Crippen LogP) is 5.18. The molecule has 9 heteroatoms. The van der Waals surface area contributed by atoms with Crippen LogP contribution in [0.5, 0.6) is 5.75 Å². The minimum Gasteiger partial charge on any atom is -0.494 e. The molecule has 1 aliphatic rings. The molecule has 5 rings (SSSR count). The monoisotopic (exact) mass is 497 g/mol. The number of rotatable bonds is 6. The highest BCUT2D eigenvalue weighted by Crippen LogP contribution is 2.36. The average Bonchev–Trinajstić information content (AvgIpc) is 3.35. The van der Waals surface area contributed by atoms with E-state index >= 15 is 0 Å². The molecule has 0 spiro atoms. The van der Waals surface area contributed by atoms with Crippen LogP contribution in [0.15, 0.2) is 66.9 Å². The van der Waals surface area contributed by atoms with Gasteiger partial charge in [0.1, 0.15) is 11.9 Å². The molecule has 0 saturated heterocycles. The van der Waals surface area contributed by atoms with E-state index in [1.165, 1.54) is 25.3 Å². The van der Waals surface area contributed by atoms with Gasteiger partial charge in [-0.2, -0.15) is 5.26 Å². The molecule has 4 aromatic rings. The summed E-state index contributed by atoms with van der Waals surface area (Å²) >= 11 is 0. The fourth-order valence-corrected chi connectivity index (χ4v) is 4.38. The van der Waals surface area contributed by atoms with Crippen LogP contribution in [0, 0.1) is 23.0 Å². The van der Waals surface area contributed by atoms with E-state index in [0.29, 0.717) is 46.7 Å². The van der Waals surface area contributed by atoms with Crippen LogP contribution < -0.4 is 15.0 Å². The van der Waals surface area contributed by atoms with Crippen molar-refractivity contribution in [2.75, 3.05) is 23.9 Å². The third-order valence-electron chi connectivity index (χ3n) is 6.14. The van der Waals surface area contributed by atoms with E-state index in [9.17, 15) is 18.8 Å². The zero-order valence-electron chi connectivity index (χ0n) is 19.8. The molecule has 0 unspecified atom stereocenters. The number of hydrogen-bond donors (Lipinski definition) is 1. The number of anilines is 3. The third kappa shape index (κ3) is 4.82. The Morgan fingerprint density at radius 2 is 1.97 bits per heavy atom. The van der Waals surface area contributed by atoms with Crippen molar-refractivity contribution >= 4 is 23.2 Å². The number of amides is 1. The molecule has 0 bridgehead atoms. The van der Waals surface area contributed by atoms with Gasteiger partial charge in [-0.05, 0) is 53.9 Å². The highest BCUT2D eigenvalue weighted by atomic mass is 19.1. The number of ether oxygens (including phenoxy) is 1. The molecule has 0 saturated carbocycles. The average molecular weight is 498 g/mol. The smallest absolute Gasteiger partial charge is 0.231 e. The van der Waals surface area contributed by atoms with Gasteiger partial charge in [0.2, 0.25) is 11.9 Å². The van der Waals surface area contributed by atoms with E-state index in [1.54, 1.807) is 47.5 Å². The van der Waals surface area contributed by atoms with Crippen LogP contribution >= 0.6 is 0 Å². The Labute approximate surface area is 212 Å². The molecule has 3 aromatic carbocycles. The molecule has 37 heavy (non-hydrogen) atoms. The van der Waals surface area contributed by atoms with Crippen molar-refractivity contribution in [3.8, 4) is 23.1 Å². The first kappa shape index (κ1) is 23.9. The molecule has 2 heterocycles. The molecule has 1 aromatic heterocycles. The number of fused-ring (bicyclic) bond motifs is 1. The maximum absolute atomic E-state index is 14.1. The number of nitrogens with zero attached hydrogens (tertiary/aromatic N) is 4. The number of aromatic nitrogens is 2. The highest BCUT2D eigenvalue weighted by Gasteiger charge is 2.29. The van der Waals surface area contributed by atoms with Crippen LogP contribution in [0.4, 0.5) is 26.1 Å². The number of carbonyl (C=O) groups is 1. The predicted molar refractivity (Wildman–Crippen MR) is 135 cm³/mol. The Morgan fingerprint density at radius 1 is 1.14 bits per heavy atom. The molecule has 184 valence electrons. The Balaban J connectivity index is 1.42. The summed E-state index contributed by atoms with van der Waals surface area (Å²) in [4.78, 5) is 23.4. The van der Waals surface area contributed by atoms with Gasteiger partial charge in [-0.25, -0.2) is 18.7 Å². The third-order valence-corrected chi connectivity index (χ3v) is 6.14. The Morgan fingerprint density at radius 3 is 2.76 bits per heavy atom. The van der Waals surface area contributed by atoms with Gasteiger partial charge in [-0.3, -0.25) is 4.79 Å². The lowest BCUT2D eigenvalue weighted by Crippen LogP contribution is -2.31. The molecule has 0 fully saturated rings. The number of benzene rings is 3. The van der Waals surface area contributed by atoms with E-state index in [2.05, 4.69) is 21.4 Å². The Kier molecular flexibility index (Phi) is 6.47. The fourth-order valence-electron chi connectivity index (χ4n) is 4.38. The van der Waals surface area contributed by atoms with E-state index in [1.807, 2.05) is 6.07 Å². The highest BCUT2D eigenvalue weighted by molar-refractivity contribution is 5.98. The molecule has 1 N–H and O–H groups in total. The fraction of sp³-hybridized carbons (Fsp3) is 0.143. The van der Waals surface area contributed by atoms with Crippen molar-refractivity contribution in [1.82, 2.24) is 9.97 Å². The van der Waals surface area contributed by atoms with Gasteiger partial charge >= 0.3 is 0 Å². The Hall–Kier alpha value is -4.84. The van der Waals surface area contributed by atoms with Crippen LogP contribution in [0.25, 0.3) is 11.3 Å². The number of methoxy groups -OCH3 is 1. The van der Waals surface area contributed by atoms with Crippen molar-refractivity contribution in [2.45, 2.75) is 12.8 Å². The standard InChI is InChI=1S/C28H21F2N5O2/c1-37-25-15-21(6-7-23(25)30)33-28-32-10-8-24(34-28)19-12-18-9-11-35(27(18)20(13-19)16-31)26(36)14-17-4-2-3-5-22(17)29/h2-8,10,12-13,15H,9,11,14H2,1H3,(H,32,33,34). The summed E-state index contributed by atoms with van der Waals surface area (Å²) in [5.41, 5.74) is 3.86. The summed E-state index contributed by atoms with van der Waals surface area (Å²) in [6.45, 7) is 0.406. The first-order valence-electron chi connectivity index (χ1n) is 11.5. The number of carbonyl (C=O) groups excluding carboxylic acids is 1. The summed E-state index contributed by atoms with van der Waals surface area (Å²) < 4.78 is 32.8. The minimum absolute atomic E-state index is 0.0894. The minimum atomic E-state index is -0.480. The molecular formula is C28H21F2N5O2. The molecule has 1 aliphatic heterocycles. The van der Waals surface area contributed by atoms with Crippen LogP contribution in [0.2, 0.25) is 0 Å². The SMILES string of the molecule is COc1cc(Nc2nccc(-c3cc(C#N)c4c(c3)CCN4C(=O)Cc3ccccc3F)n2)ccc1F. The molecule has 0 radical (unpaired) electrons. The largest absolute Gasteiger partial charge is 0.494 e. The second-order valence-corrected chi connectivity index (χ2v) is 8.45. The van der Waals surface area contributed by atoms with Crippen LogP contribution in [0.1, 0.15) is 16.7 Å². The lowest BCUT2D eigenvalue weighted by atomic mass is 10.0. The zero-order valence-corrected chi connectivity index (χ0v) is 19.8. The van der Waals surface area contributed by atoms with E-state index in [-0.39, 0.29) is 24.0 Å². The number of halogens is 2. The number of nitriles is 1. The van der Waals surface area contributed by atoms with Crippen LogP contribution in [0.3, 0.4) is 0 Å². The molecule has 0 atom stereocenters. The number of nitrogens with one attached hydrogen (secondary N) is 1. The number of hydrogen-bond acceptors (Lipinski definition) is 6. The van der Waals surface area contributed by atoms with Crippen molar-refractivity contribution in [3.05, 3.63) is 95.2 Å². The second-order valence-electron chi connectivity index (χ2n) is 8.45. The van der Waals surface area contributed by atoms with Gasteiger partial charge in [-0.15, -0.1) is 0 Å². The summed E-state index contributed by atoms with van der Waals surface area (Å²) in [6, 6.07) is 18.0. The molecule has 7 nitrogen and oxygen atoms in total. The Bertz CT molecular complexity index is 1550. The first-order chi connectivity index (χ1) is 18.0. The van der Waals surface area contributed by atoms with E-state index in [0.717, 1.165) is 5.56 Å². The van der Waals surface area contributed by atoms with Gasteiger partial charge in [0.15, 0.2) is 11.6 Å². The van der Waals surface area contributed by atoms with Crippen molar-refractivity contribution in [1.29, 1.82) is 5.26 Å². The normalized spacial score (nSPS) is 12.1. The van der Waals surface area contributed by atoms with Crippen LogP contribution in [-0.2, 0) is 17.6 Å². The van der Waals surface area contributed by atoms with Crippen molar-refractivity contribution in [2.24, 2.45) is 0 Å². The molecule has 0 aliphatic carbocycles. The zero-order chi connectivity index (χ0) is 25.9. The molecular weight excluding hydrogens is 476 g/mol. The summed E-state index contributed by atoms with van der Waals surface area (Å²) in [5.74, 6) is -0.805.